The molecule has 5 fully saturated rings. The zero-order valence-electron chi connectivity index (χ0n) is 14.8. The van der Waals surface area contributed by atoms with Crippen LogP contribution in [0.3, 0.4) is 0 Å². The van der Waals surface area contributed by atoms with Gasteiger partial charge in [0.15, 0.2) is 0 Å². The van der Waals surface area contributed by atoms with Gasteiger partial charge in [-0.15, -0.1) is 0 Å². The largest absolute Gasteiger partial charge is 0.390 e. The van der Waals surface area contributed by atoms with Crippen molar-refractivity contribution in [3.63, 3.8) is 0 Å². The Kier molecular flexibility index (Phi) is 3.00. The molecule has 0 saturated heterocycles. The molecule has 23 heavy (non-hydrogen) atoms. The van der Waals surface area contributed by atoms with E-state index in [1.807, 2.05) is 6.92 Å². The Bertz CT molecular complexity index is 542. The Labute approximate surface area is 140 Å². The van der Waals surface area contributed by atoms with Gasteiger partial charge in [-0.05, 0) is 106 Å². The molecule has 5 saturated carbocycles. The molecule has 2 heteroatoms. The van der Waals surface area contributed by atoms with E-state index in [9.17, 15) is 9.90 Å². The van der Waals surface area contributed by atoms with Gasteiger partial charge in [0.1, 0.15) is 5.78 Å². The molecule has 5 aliphatic rings. The van der Waals surface area contributed by atoms with Crippen LogP contribution in [0.5, 0.6) is 0 Å². The Morgan fingerprint density at radius 3 is 2.22 bits per heavy atom. The standard InChI is InChI=1S/C21H32O2/c1-12(22)17-5-6-18-15-3-4-16-14(8-10-21(23)11-19(16)21)13(15)7-9-20(17,18)2/h13-19,23H,3-11H2,1-2H3/t13-,14-,15-,16+,17-,18+,19?,20-,21+/m1/s1. The van der Waals surface area contributed by atoms with Crippen LogP contribution in [0.15, 0.2) is 0 Å². The third kappa shape index (κ3) is 1.88. The number of aliphatic hydroxyl groups is 1. The minimum absolute atomic E-state index is 0.246. The van der Waals surface area contributed by atoms with Gasteiger partial charge in [0.2, 0.25) is 0 Å². The van der Waals surface area contributed by atoms with Gasteiger partial charge in [-0.25, -0.2) is 0 Å². The summed E-state index contributed by atoms with van der Waals surface area (Å²) in [5.74, 6) is 5.73. The average Bonchev–Trinajstić information content (AvgIpc) is 3.08. The van der Waals surface area contributed by atoms with Crippen molar-refractivity contribution in [2.24, 2.45) is 46.8 Å². The number of rotatable bonds is 1. The molecule has 128 valence electrons. The summed E-state index contributed by atoms with van der Waals surface area (Å²) in [6.07, 6.45) is 11.3. The van der Waals surface area contributed by atoms with Gasteiger partial charge in [-0.2, -0.15) is 0 Å². The van der Waals surface area contributed by atoms with E-state index in [1.165, 1.54) is 38.5 Å². The summed E-state index contributed by atoms with van der Waals surface area (Å²) in [6.45, 7) is 4.27. The van der Waals surface area contributed by atoms with Crippen LogP contribution < -0.4 is 0 Å². The average molecular weight is 316 g/mol. The highest BCUT2D eigenvalue weighted by Gasteiger charge is 2.65. The van der Waals surface area contributed by atoms with E-state index < -0.39 is 0 Å². The number of hydrogen-bond donors (Lipinski definition) is 1. The molecule has 0 bridgehead atoms. The van der Waals surface area contributed by atoms with Crippen molar-refractivity contribution in [3.8, 4) is 0 Å². The van der Waals surface area contributed by atoms with Crippen molar-refractivity contribution >= 4 is 5.78 Å². The number of carbonyl (C=O) groups is 1. The number of ketones is 1. The monoisotopic (exact) mass is 316 g/mol. The molecule has 2 nitrogen and oxygen atoms in total. The van der Waals surface area contributed by atoms with Crippen molar-refractivity contribution in [1.82, 2.24) is 0 Å². The van der Waals surface area contributed by atoms with Crippen LogP contribution in [0.1, 0.15) is 71.6 Å². The molecule has 5 rings (SSSR count). The van der Waals surface area contributed by atoms with Crippen molar-refractivity contribution in [2.45, 2.75) is 77.2 Å². The fourth-order valence-corrected chi connectivity index (χ4v) is 8.35. The second kappa shape index (κ2) is 4.62. The van der Waals surface area contributed by atoms with Gasteiger partial charge in [-0.1, -0.05) is 6.92 Å². The summed E-state index contributed by atoms with van der Waals surface area (Å²) < 4.78 is 0. The lowest BCUT2D eigenvalue weighted by Gasteiger charge is -2.55. The van der Waals surface area contributed by atoms with Gasteiger partial charge in [0.25, 0.3) is 0 Å². The molecule has 0 aromatic carbocycles. The molecule has 9 atom stereocenters. The van der Waals surface area contributed by atoms with Gasteiger partial charge in [-0.3, -0.25) is 4.79 Å². The molecule has 0 amide bonds. The fourth-order valence-electron chi connectivity index (χ4n) is 8.35. The molecule has 1 unspecified atom stereocenters. The van der Waals surface area contributed by atoms with E-state index in [4.69, 9.17) is 0 Å². The number of fused-ring (bicyclic) bond motifs is 7. The number of carbonyl (C=O) groups excluding carboxylic acids is 1. The van der Waals surface area contributed by atoms with E-state index in [0.717, 1.165) is 48.9 Å². The highest BCUT2D eigenvalue weighted by atomic mass is 16.3. The zero-order valence-corrected chi connectivity index (χ0v) is 14.8. The first-order chi connectivity index (χ1) is 10.9. The minimum Gasteiger partial charge on any atom is -0.390 e. The SMILES string of the molecule is CC(=O)[C@H]1CC[C@H]2[C@@H]3CC[C@@H]4C5C[C@@]5(O)CC[C@@H]4[C@H]3CC[C@]12C. The summed E-state index contributed by atoms with van der Waals surface area (Å²) in [6, 6.07) is 0. The zero-order chi connectivity index (χ0) is 16.0. The predicted molar refractivity (Wildman–Crippen MR) is 89.7 cm³/mol. The van der Waals surface area contributed by atoms with Crippen molar-refractivity contribution in [2.75, 3.05) is 0 Å². The molecule has 1 N–H and O–H groups in total. The van der Waals surface area contributed by atoms with Crippen LogP contribution in [-0.2, 0) is 4.79 Å². The van der Waals surface area contributed by atoms with E-state index >= 15 is 0 Å². The molecule has 5 aliphatic carbocycles. The van der Waals surface area contributed by atoms with Crippen LogP contribution in [0.4, 0.5) is 0 Å². The third-order valence-electron chi connectivity index (χ3n) is 9.45. The van der Waals surface area contributed by atoms with Crippen LogP contribution >= 0.6 is 0 Å². The number of Topliss-reactive ketones (excluding diaryl/α,β-unsaturated/α-hetero) is 1. The molecule has 0 heterocycles. The molecular weight excluding hydrogens is 284 g/mol. The molecule has 0 aromatic heterocycles. The van der Waals surface area contributed by atoms with Gasteiger partial charge in [0.05, 0.1) is 5.60 Å². The third-order valence-corrected chi connectivity index (χ3v) is 9.45. The normalized spacial score (nSPS) is 60.2. The maximum atomic E-state index is 12.2. The predicted octanol–water partition coefficient (Wildman–Crippen LogP) is 4.21. The lowest BCUT2D eigenvalue weighted by molar-refractivity contribution is -0.128. The maximum absolute atomic E-state index is 12.2. The highest BCUT2D eigenvalue weighted by Crippen LogP contribution is 2.68. The van der Waals surface area contributed by atoms with Crippen LogP contribution in [0.25, 0.3) is 0 Å². The fraction of sp³-hybridized carbons (Fsp3) is 0.952. The van der Waals surface area contributed by atoms with Crippen molar-refractivity contribution in [1.29, 1.82) is 0 Å². The minimum atomic E-state index is -0.246. The van der Waals surface area contributed by atoms with Crippen LogP contribution in [0, 0.1) is 46.8 Å². The molecular formula is C21H32O2. The van der Waals surface area contributed by atoms with Crippen molar-refractivity contribution < 1.29 is 9.90 Å². The lowest BCUT2D eigenvalue weighted by atomic mass is 9.49. The van der Waals surface area contributed by atoms with Gasteiger partial charge in [0, 0.05) is 5.92 Å². The Morgan fingerprint density at radius 1 is 0.870 bits per heavy atom. The summed E-state index contributed by atoms with van der Waals surface area (Å²) >= 11 is 0. The molecule has 0 radical (unpaired) electrons. The maximum Gasteiger partial charge on any atom is 0.133 e. The first kappa shape index (κ1) is 14.9. The number of hydrogen-bond acceptors (Lipinski definition) is 2. The highest BCUT2D eigenvalue weighted by molar-refractivity contribution is 5.79. The molecule has 0 spiro atoms. The Hall–Kier alpha value is -0.370. The molecule has 0 aliphatic heterocycles. The van der Waals surface area contributed by atoms with E-state index in [-0.39, 0.29) is 5.60 Å². The lowest BCUT2D eigenvalue weighted by Crippen LogP contribution is -2.50. The van der Waals surface area contributed by atoms with Crippen molar-refractivity contribution in [3.05, 3.63) is 0 Å². The van der Waals surface area contributed by atoms with Crippen LogP contribution in [0.2, 0.25) is 0 Å². The first-order valence-corrected chi connectivity index (χ1v) is 10.2. The molecule has 0 aromatic rings. The van der Waals surface area contributed by atoms with E-state index in [2.05, 4.69) is 6.92 Å². The quantitative estimate of drug-likeness (QED) is 0.787. The van der Waals surface area contributed by atoms with E-state index in [1.54, 1.807) is 0 Å². The van der Waals surface area contributed by atoms with E-state index in [0.29, 0.717) is 23.0 Å². The Balaban J connectivity index is 1.41. The van der Waals surface area contributed by atoms with Crippen LogP contribution in [-0.4, -0.2) is 16.5 Å². The first-order valence-electron chi connectivity index (χ1n) is 10.2. The van der Waals surface area contributed by atoms with Gasteiger partial charge >= 0.3 is 0 Å². The summed E-state index contributed by atoms with van der Waals surface area (Å²) in [4.78, 5) is 12.2. The second-order valence-corrected chi connectivity index (χ2v) is 10.1. The van der Waals surface area contributed by atoms with Gasteiger partial charge < -0.3 is 5.11 Å². The second-order valence-electron chi connectivity index (χ2n) is 10.1. The summed E-state index contributed by atoms with van der Waals surface area (Å²) in [7, 11) is 0. The Morgan fingerprint density at radius 2 is 1.52 bits per heavy atom. The smallest absolute Gasteiger partial charge is 0.133 e. The topological polar surface area (TPSA) is 37.3 Å². The summed E-state index contributed by atoms with van der Waals surface area (Å²) in [5.41, 5.74) is 0.0547. The summed E-state index contributed by atoms with van der Waals surface area (Å²) in [5, 5.41) is 10.5.